The SMILES string of the molecule is CCC(C)[C@H](N)c1nc(Cc2cccc(OC)c2)no1. The molecule has 0 aliphatic rings. The van der Waals surface area contributed by atoms with E-state index >= 15 is 0 Å². The monoisotopic (exact) mass is 275 g/mol. The van der Waals surface area contributed by atoms with Crippen molar-refractivity contribution in [1.82, 2.24) is 10.1 Å². The number of rotatable bonds is 6. The zero-order valence-electron chi connectivity index (χ0n) is 12.2. The fourth-order valence-electron chi connectivity index (χ4n) is 1.94. The lowest BCUT2D eigenvalue weighted by Crippen LogP contribution is -2.18. The van der Waals surface area contributed by atoms with Crippen LogP contribution in [0.2, 0.25) is 0 Å². The highest BCUT2D eigenvalue weighted by atomic mass is 16.5. The molecular weight excluding hydrogens is 254 g/mol. The van der Waals surface area contributed by atoms with Gasteiger partial charge < -0.3 is 15.0 Å². The first kappa shape index (κ1) is 14.5. The molecule has 0 aliphatic carbocycles. The van der Waals surface area contributed by atoms with Crippen molar-refractivity contribution in [2.75, 3.05) is 7.11 Å². The van der Waals surface area contributed by atoms with Crippen molar-refractivity contribution >= 4 is 0 Å². The first-order valence-electron chi connectivity index (χ1n) is 6.85. The normalized spacial score (nSPS) is 14.0. The Morgan fingerprint density at radius 1 is 1.40 bits per heavy atom. The third kappa shape index (κ3) is 3.36. The molecule has 5 nitrogen and oxygen atoms in total. The van der Waals surface area contributed by atoms with Gasteiger partial charge in [-0.1, -0.05) is 37.6 Å². The van der Waals surface area contributed by atoms with Gasteiger partial charge in [0.1, 0.15) is 5.75 Å². The van der Waals surface area contributed by atoms with E-state index in [0.717, 1.165) is 17.7 Å². The minimum absolute atomic E-state index is 0.202. The van der Waals surface area contributed by atoms with E-state index in [2.05, 4.69) is 24.0 Å². The summed E-state index contributed by atoms with van der Waals surface area (Å²) in [6, 6.07) is 7.62. The second-order valence-electron chi connectivity index (χ2n) is 4.99. The van der Waals surface area contributed by atoms with Crippen LogP contribution in [0.3, 0.4) is 0 Å². The molecule has 2 rings (SSSR count). The molecule has 1 aromatic heterocycles. The van der Waals surface area contributed by atoms with Crippen LogP contribution in [-0.4, -0.2) is 17.3 Å². The highest BCUT2D eigenvalue weighted by Gasteiger charge is 2.20. The van der Waals surface area contributed by atoms with Crippen molar-refractivity contribution in [2.45, 2.75) is 32.7 Å². The Balaban J connectivity index is 2.09. The van der Waals surface area contributed by atoms with Crippen molar-refractivity contribution in [3.8, 4) is 5.75 Å². The number of hydrogen-bond donors (Lipinski definition) is 1. The molecule has 0 radical (unpaired) electrons. The van der Waals surface area contributed by atoms with Gasteiger partial charge in [0.05, 0.1) is 13.2 Å². The van der Waals surface area contributed by atoms with Crippen molar-refractivity contribution in [3.63, 3.8) is 0 Å². The molecule has 2 N–H and O–H groups in total. The third-order valence-corrected chi connectivity index (χ3v) is 3.52. The van der Waals surface area contributed by atoms with Crippen molar-refractivity contribution in [3.05, 3.63) is 41.5 Å². The fourth-order valence-corrected chi connectivity index (χ4v) is 1.94. The highest BCUT2D eigenvalue weighted by Crippen LogP contribution is 2.21. The summed E-state index contributed by atoms with van der Waals surface area (Å²) in [7, 11) is 1.65. The predicted octanol–water partition coefficient (Wildman–Crippen LogP) is 2.71. The smallest absolute Gasteiger partial charge is 0.243 e. The minimum atomic E-state index is -0.202. The Labute approximate surface area is 119 Å². The van der Waals surface area contributed by atoms with Gasteiger partial charge in [-0.15, -0.1) is 0 Å². The van der Waals surface area contributed by atoms with E-state index in [0.29, 0.717) is 24.1 Å². The van der Waals surface area contributed by atoms with Crippen molar-refractivity contribution < 1.29 is 9.26 Å². The molecular formula is C15H21N3O2. The van der Waals surface area contributed by atoms with Crippen LogP contribution >= 0.6 is 0 Å². The quantitative estimate of drug-likeness (QED) is 0.877. The lowest BCUT2D eigenvalue weighted by molar-refractivity contribution is 0.310. The number of aromatic nitrogens is 2. The summed E-state index contributed by atoms with van der Waals surface area (Å²) in [5.74, 6) is 2.30. The van der Waals surface area contributed by atoms with Gasteiger partial charge in [0.15, 0.2) is 5.82 Å². The van der Waals surface area contributed by atoms with Gasteiger partial charge in [-0.05, 0) is 23.6 Å². The second kappa shape index (κ2) is 6.52. The molecule has 0 bridgehead atoms. The maximum Gasteiger partial charge on any atom is 0.243 e. The molecule has 5 heteroatoms. The van der Waals surface area contributed by atoms with Crippen LogP contribution in [0.1, 0.15) is 43.6 Å². The van der Waals surface area contributed by atoms with Crippen molar-refractivity contribution in [2.24, 2.45) is 11.7 Å². The van der Waals surface area contributed by atoms with E-state index < -0.39 is 0 Å². The maximum atomic E-state index is 6.09. The summed E-state index contributed by atoms with van der Waals surface area (Å²) < 4.78 is 10.5. The summed E-state index contributed by atoms with van der Waals surface area (Å²) >= 11 is 0. The van der Waals surface area contributed by atoms with Gasteiger partial charge in [-0.3, -0.25) is 0 Å². The number of methoxy groups -OCH3 is 1. The lowest BCUT2D eigenvalue weighted by atomic mass is 10.0. The molecule has 20 heavy (non-hydrogen) atoms. The average molecular weight is 275 g/mol. The zero-order chi connectivity index (χ0) is 14.5. The largest absolute Gasteiger partial charge is 0.497 e. The summed E-state index contributed by atoms with van der Waals surface area (Å²) in [6.45, 7) is 4.18. The van der Waals surface area contributed by atoms with Gasteiger partial charge >= 0.3 is 0 Å². The van der Waals surface area contributed by atoms with E-state index in [1.165, 1.54) is 0 Å². The van der Waals surface area contributed by atoms with E-state index in [1.807, 2.05) is 24.3 Å². The van der Waals surface area contributed by atoms with Crippen LogP contribution in [0.15, 0.2) is 28.8 Å². The average Bonchev–Trinajstić information content (AvgIpc) is 2.94. The molecule has 1 aromatic carbocycles. The van der Waals surface area contributed by atoms with Gasteiger partial charge in [0, 0.05) is 6.42 Å². The summed E-state index contributed by atoms with van der Waals surface area (Å²) in [5, 5.41) is 4.00. The summed E-state index contributed by atoms with van der Waals surface area (Å²) in [6.07, 6.45) is 1.59. The van der Waals surface area contributed by atoms with Crippen molar-refractivity contribution in [1.29, 1.82) is 0 Å². The second-order valence-corrected chi connectivity index (χ2v) is 4.99. The molecule has 108 valence electrons. The summed E-state index contributed by atoms with van der Waals surface area (Å²) in [5.41, 5.74) is 7.16. The van der Waals surface area contributed by atoms with Gasteiger partial charge in [-0.25, -0.2) is 0 Å². The third-order valence-electron chi connectivity index (χ3n) is 3.52. The Kier molecular flexibility index (Phi) is 4.74. The fraction of sp³-hybridized carbons (Fsp3) is 0.467. The first-order valence-corrected chi connectivity index (χ1v) is 6.85. The molecule has 0 saturated carbocycles. The molecule has 0 spiro atoms. The standard InChI is InChI=1S/C15H21N3O2/c1-4-10(2)14(16)15-17-13(18-20-15)9-11-6-5-7-12(8-11)19-3/h5-8,10,14H,4,9,16H2,1-3H3/t10?,14-/m0/s1. The predicted molar refractivity (Wildman–Crippen MR) is 76.5 cm³/mol. The lowest BCUT2D eigenvalue weighted by Gasteiger charge is -2.12. The summed E-state index contributed by atoms with van der Waals surface area (Å²) in [4.78, 5) is 4.39. The number of ether oxygens (including phenoxy) is 1. The molecule has 1 heterocycles. The van der Waals surface area contributed by atoms with Gasteiger partial charge in [0.25, 0.3) is 0 Å². The molecule has 0 amide bonds. The Morgan fingerprint density at radius 3 is 2.90 bits per heavy atom. The minimum Gasteiger partial charge on any atom is -0.497 e. The molecule has 2 atom stereocenters. The molecule has 0 fully saturated rings. The molecule has 0 saturated heterocycles. The van der Waals surface area contributed by atoms with E-state index in [-0.39, 0.29) is 6.04 Å². The number of benzene rings is 1. The first-order chi connectivity index (χ1) is 9.63. The topological polar surface area (TPSA) is 74.2 Å². The highest BCUT2D eigenvalue weighted by molar-refractivity contribution is 5.30. The van der Waals surface area contributed by atoms with Crippen LogP contribution in [0.25, 0.3) is 0 Å². The number of nitrogens with two attached hydrogens (primary N) is 1. The van der Waals surface area contributed by atoms with Crippen LogP contribution in [0.5, 0.6) is 5.75 Å². The Bertz CT molecular complexity index is 554. The van der Waals surface area contributed by atoms with E-state index in [4.69, 9.17) is 15.0 Å². The van der Waals surface area contributed by atoms with Crippen LogP contribution in [0.4, 0.5) is 0 Å². The van der Waals surface area contributed by atoms with Crippen LogP contribution < -0.4 is 10.5 Å². The van der Waals surface area contributed by atoms with E-state index in [9.17, 15) is 0 Å². The van der Waals surface area contributed by atoms with E-state index in [1.54, 1.807) is 7.11 Å². The van der Waals surface area contributed by atoms with Crippen LogP contribution in [0, 0.1) is 5.92 Å². The van der Waals surface area contributed by atoms with Gasteiger partial charge in [0.2, 0.25) is 5.89 Å². The number of nitrogens with zero attached hydrogens (tertiary/aromatic N) is 2. The molecule has 0 aliphatic heterocycles. The molecule has 2 aromatic rings. The Morgan fingerprint density at radius 2 is 2.20 bits per heavy atom. The Hall–Kier alpha value is -1.88. The van der Waals surface area contributed by atoms with Gasteiger partial charge in [-0.2, -0.15) is 4.98 Å². The van der Waals surface area contributed by atoms with Crippen LogP contribution in [-0.2, 0) is 6.42 Å². The maximum absolute atomic E-state index is 6.09. The number of hydrogen-bond acceptors (Lipinski definition) is 5. The zero-order valence-corrected chi connectivity index (χ0v) is 12.2. The molecule has 1 unspecified atom stereocenters.